The molecule has 0 amide bonds. The normalized spacial score (nSPS) is 11.2. The van der Waals surface area contributed by atoms with Crippen molar-refractivity contribution in [2.24, 2.45) is 0 Å². The Labute approximate surface area is 143 Å². The Morgan fingerprint density at radius 2 is 1.48 bits per heavy atom. The molecule has 5 heteroatoms. The second-order valence-electron chi connectivity index (χ2n) is 5.32. The summed E-state index contributed by atoms with van der Waals surface area (Å²) in [6.07, 6.45) is -0.408. The zero-order valence-corrected chi connectivity index (χ0v) is 15.0. The second-order valence-corrected chi connectivity index (χ2v) is 10.1. The zero-order chi connectivity index (χ0) is 16.5. The van der Waals surface area contributed by atoms with Crippen molar-refractivity contribution in [3.8, 4) is 0 Å². The molecule has 0 aliphatic carbocycles. The molecule has 0 aromatic heterocycles. The van der Waals surface area contributed by atoms with Crippen molar-refractivity contribution >= 4 is 24.0 Å². The van der Waals surface area contributed by atoms with Gasteiger partial charge in [0.25, 0.3) is 0 Å². The Morgan fingerprint density at radius 3 is 1.91 bits per heavy atom. The molecule has 3 nitrogen and oxygen atoms in total. The lowest BCUT2D eigenvalue weighted by Gasteiger charge is -2.23. The van der Waals surface area contributed by atoms with Gasteiger partial charge in [0.1, 0.15) is 0 Å². The number of benzene rings is 2. The fourth-order valence-electron chi connectivity index (χ4n) is 2.35. The molecule has 0 atom stereocenters. The number of carbonyl (C=O) groups excluding carboxylic acids is 1. The van der Waals surface area contributed by atoms with E-state index in [1.165, 1.54) is 11.1 Å². The summed E-state index contributed by atoms with van der Waals surface area (Å²) in [6.45, 7) is 2.37. The van der Waals surface area contributed by atoms with Crippen molar-refractivity contribution < 1.29 is 9.53 Å². The number of rotatable bonds is 8. The minimum Gasteiger partial charge on any atom is -0.465 e. The van der Waals surface area contributed by atoms with Crippen molar-refractivity contribution in [2.45, 2.75) is 19.2 Å². The lowest BCUT2D eigenvalue weighted by atomic mass is 10.2. The van der Waals surface area contributed by atoms with Crippen LogP contribution in [0.15, 0.2) is 60.7 Å². The molecule has 0 bridgehead atoms. The van der Waals surface area contributed by atoms with Gasteiger partial charge in [0, 0.05) is 18.5 Å². The van der Waals surface area contributed by atoms with E-state index in [0.717, 1.165) is 12.3 Å². The van der Waals surface area contributed by atoms with Crippen molar-refractivity contribution in [3.63, 3.8) is 0 Å². The molecule has 0 spiro atoms. The maximum Gasteiger partial charge on any atom is 0.320 e. The van der Waals surface area contributed by atoms with Gasteiger partial charge in [-0.1, -0.05) is 72.5 Å². The van der Waals surface area contributed by atoms with Gasteiger partial charge in [-0.15, -0.1) is 0 Å². The van der Waals surface area contributed by atoms with Crippen molar-refractivity contribution in [3.05, 3.63) is 71.8 Å². The van der Waals surface area contributed by atoms with Crippen LogP contribution < -0.4 is 5.09 Å². The summed E-state index contributed by atoms with van der Waals surface area (Å²) in [4.78, 5) is 11.7. The van der Waals surface area contributed by atoms with Crippen LogP contribution in [0.1, 0.15) is 18.1 Å². The van der Waals surface area contributed by atoms with Crippen LogP contribution in [0.3, 0.4) is 0 Å². The average molecular weight is 347 g/mol. The molecule has 0 saturated carbocycles. The minimum absolute atomic E-state index is 0.171. The number of esters is 1. The van der Waals surface area contributed by atoms with Gasteiger partial charge in [-0.25, -0.2) is 0 Å². The quantitative estimate of drug-likeness (QED) is 0.580. The lowest BCUT2D eigenvalue weighted by molar-refractivity contribution is -0.141. The van der Waals surface area contributed by atoms with Crippen molar-refractivity contribution in [1.29, 1.82) is 0 Å². The van der Waals surface area contributed by atoms with E-state index in [2.05, 4.69) is 29.4 Å². The summed E-state index contributed by atoms with van der Waals surface area (Å²) < 4.78 is 5.01. The van der Waals surface area contributed by atoms with Crippen LogP contribution in [0.5, 0.6) is 0 Å². The molecule has 0 unspecified atom stereocenters. The van der Waals surface area contributed by atoms with Gasteiger partial charge in [-0.2, -0.15) is 0 Å². The third-order valence-corrected chi connectivity index (χ3v) is 7.03. The molecule has 0 aliphatic heterocycles. The third kappa shape index (κ3) is 6.26. The summed E-state index contributed by atoms with van der Waals surface area (Å²) in [5.74, 6) is -0.247. The van der Waals surface area contributed by atoms with E-state index in [9.17, 15) is 4.79 Å². The van der Waals surface area contributed by atoms with E-state index in [4.69, 9.17) is 16.5 Å². The van der Waals surface area contributed by atoms with Gasteiger partial charge in [0.05, 0.1) is 13.2 Å². The molecular weight excluding hydrogens is 325 g/mol. The van der Waals surface area contributed by atoms with Gasteiger partial charge in [0.2, 0.25) is 0 Å². The van der Waals surface area contributed by atoms with E-state index in [1.54, 1.807) is 0 Å². The van der Waals surface area contributed by atoms with E-state index < -0.39 is 6.19 Å². The molecule has 2 rings (SSSR count). The molecule has 1 N–H and O–H groups in total. The first kappa shape index (κ1) is 17.9. The summed E-state index contributed by atoms with van der Waals surface area (Å²) in [5.41, 5.74) is 2.39. The Morgan fingerprint density at radius 1 is 1.00 bits per heavy atom. The highest BCUT2D eigenvalue weighted by Crippen LogP contribution is 2.48. The molecule has 122 valence electrons. The maximum absolute atomic E-state index is 11.7. The first-order valence-corrected chi connectivity index (χ1v) is 10.9. The first-order valence-electron chi connectivity index (χ1n) is 7.68. The van der Waals surface area contributed by atoms with Gasteiger partial charge in [0.15, 0.2) is 0 Å². The topological polar surface area (TPSA) is 38.3 Å². The Kier molecular flexibility index (Phi) is 6.97. The molecule has 2 aromatic rings. The summed E-state index contributed by atoms with van der Waals surface area (Å²) in [6, 6.07) is 20.4. The number of hydrogen-bond acceptors (Lipinski definition) is 3. The van der Waals surface area contributed by atoms with Crippen LogP contribution >= 0.6 is 6.19 Å². The summed E-state index contributed by atoms with van der Waals surface area (Å²) in [5, 5.41) is 3.33. The number of nitrogens with one attached hydrogen (secondary N) is 1. The second kappa shape index (κ2) is 8.97. The molecule has 23 heavy (non-hydrogen) atoms. The highest BCUT2D eigenvalue weighted by atomic mass is 32.4. The predicted molar refractivity (Wildman–Crippen MR) is 99.2 cm³/mol. The smallest absolute Gasteiger partial charge is 0.320 e. The number of hydrogen-bond donors (Lipinski definition) is 1. The minimum atomic E-state index is -1.96. The molecule has 2 aromatic carbocycles. The predicted octanol–water partition coefficient (Wildman–Crippen LogP) is 3.93. The first-order chi connectivity index (χ1) is 11.1. The van der Waals surface area contributed by atoms with Crippen molar-refractivity contribution in [2.75, 3.05) is 13.2 Å². The van der Waals surface area contributed by atoms with Crippen LogP contribution in [0.4, 0.5) is 0 Å². The SMILES string of the molecule is CCOC(=O)CNP(=S)(Cc1ccccc1)Cc1ccccc1. The Hall–Kier alpha value is -1.48. The lowest BCUT2D eigenvalue weighted by Crippen LogP contribution is -2.23. The molecule has 0 aliphatic rings. The average Bonchev–Trinajstić information content (AvgIpc) is 2.55. The molecule has 0 saturated heterocycles. The molecular formula is C18H22NO2PS. The van der Waals surface area contributed by atoms with Gasteiger partial charge in [-0.3, -0.25) is 9.88 Å². The molecule has 0 heterocycles. The zero-order valence-electron chi connectivity index (χ0n) is 13.3. The summed E-state index contributed by atoms with van der Waals surface area (Å²) in [7, 11) is 0. The standard InChI is InChI=1S/C18H22NO2PS/c1-2-21-18(20)13-19-22(23,14-16-9-5-3-6-10-16)15-17-11-7-4-8-12-17/h3-12H,2,13-15H2,1H3,(H,19,23). The largest absolute Gasteiger partial charge is 0.465 e. The van der Waals surface area contributed by atoms with E-state index in [0.29, 0.717) is 6.61 Å². The Bertz CT molecular complexity index is 616. The molecule has 0 radical (unpaired) electrons. The molecule has 0 fully saturated rings. The van der Waals surface area contributed by atoms with Gasteiger partial charge < -0.3 is 4.74 Å². The number of carbonyl (C=O) groups is 1. The van der Waals surface area contributed by atoms with Crippen LogP contribution in [0, 0.1) is 0 Å². The van der Waals surface area contributed by atoms with Gasteiger partial charge >= 0.3 is 5.97 Å². The van der Waals surface area contributed by atoms with Crippen LogP contribution in [0.2, 0.25) is 0 Å². The van der Waals surface area contributed by atoms with Crippen LogP contribution in [-0.4, -0.2) is 19.1 Å². The summed E-state index contributed by atoms with van der Waals surface area (Å²) >= 11 is 5.96. The fourth-order valence-corrected chi connectivity index (χ4v) is 5.79. The van der Waals surface area contributed by atoms with Crippen molar-refractivity contribution in [1.82, 2.24) is 5.09 Å². The Balaban J connectivity index is 2.12. The highest BCUT2D eigenvalue weighted by Gasteiger charge is 2.19. The van der Waals surface area contributed by atoms with E-state index in [1.807, 2.05) is 43.3 Å². The van der Waals surface area contributed by atoms with E-state index in [-0.39, 0.29) is 12.5 Å². The third-order valence-electron chi connectivity index (χ3n) is 3.38. The van der Waals surface area contributed by atoms with Crippen LogP contribution in [0.25, 0.3) is 0 Å². The van der Waals surface area contributed by atoms with E-state index >= 15 is 0 Å². The highest BCUT2D eigenvalue weighted by molar-refractivity contribution is 8.12. The monoisotopic (exact) mass is 347 g/mol. The maximum atomic E-state index is 11.7. The van der Waals surface area contributed by atoms with Crippen LogP contribution in [-0.2, 0) is 33.7 Å². The van der Waals surface area contributed by atoms with Gasteiger partial charge in [-0.05, 0) is 18.1 Å². The number of ether oxygens (including phenoxy) is 1. The fraction of sp³-hybridized carbons (Fsp3) is 0.278.